The molecule has 0 amide bonds. The monoisotopic (exact) mass is 629 g/mol. The van der Waals surface area contributed by atoms with Gasteiger partial charge in [0.2, 0.25) is 0 Å². The molecular weight excluding hydrogens is 595 g/mol. The van der Waals surface area contributed by atoms with Crippen LogP contribution in [-0.2, 0) is 50.9 Å². The Hall–Kier alpha value is -1.79. The molecule has 0 N–H and O–H groups in total. The molecule has 0 aromatic heterocycles. The Kier molecular flexibility index (Phi) is 8.28. The second-order valence-corrected chi connectivity index (χ2v) is 16.6. The molecule has 39 heavy (non-hydrogen) atoms. The van der Waals surface area contributed by atoms with E-state index < -0.39 is 20.8 Å². The Morgan fingerprint density at radius 2 is 1.10 bits per heavy atom. The zero-order valence-corrected chi connectivity index (χ0v) is 27.9. The summed E-state index contributed by atoms with van der Waals surface area (Å²) in [4.78, 5) is 0. The van der Waals surface area contributed by atoms with Crippen molar-refractivity contribution in [3.05, 3.63) is 124 Å². The summed E-state index contributed by atoms with van der Waals surface area (Å²) in [5.74, 6) is 0. The van der Waals surface area contributed by atoms with Crippen molar-refractivity contribution < 1.29 is 20.8 Å². The van der Waals surface area contributed by atoms with Crippen LogP contribution in [-0.4, -0.2) is 0 Å². The van der Waals surface area contributed by atoms with Gasteiger partial charge in [-0.05, 0) is 62.6 Å². The molecule has 4 aromatic rings. The number of halogens is 2. The van der Waals surface area contributed by atoms with Gasteiger partial charge in [0.15, 0.2) is 0 Å². The van der Waals surface area contributed by atoms with E-state index >= 15 is 0 Å². The predicted octanol–water partition coefficient (Wildman–Crippen LogP) is 10.6. The molecule has 200 valence electrons. The molecule has 0 aliphatic heterocycles. The summed E-state index contributed by atoms with van der Waals surface area (Å²) in [5, 5.41) is 0. The van der Waals surface area contributed by atoms with E-state index in [-0.39, 0.29) is 10.8 Å². The van der Waals surface area contributed by atoms with E-state index in [9.17, 15) is 0 Å². The van der Waals surface area contributed by atoms with E-state index in [1.54, 1.807) is 0 Å². The van der Waals surface area contributed by atoms with Gasteiger partial charge < -0.3 is 0 Å². The molecule has 4 aromatic carbocycles. The molecule has 0 saturated heterocycles. The van der Waals surface area contributed by atoms with Crippen LogP contribution in [0.4, 0.5) is 0 Å². The quantitative estimate of drug-likeness (QED) is 0.171. The number of hydrogen-bond acceptors (Lipinski definition) is 0. The average Bonchev–Trinajstić information content (AvgIpc) is 3.46. The number of rotatable bonds is 3. The normalized spacial score (nSPS) is 13.0. The summed E-state index contributed by atoms with van der Waals surface area (Å²) >= 11 is -0.826. The van der Waals surface area contributed by atoms with E-state index in [2.05, 4.69) is 121 Å². The van der Waals surface area contributed by atoms with E-state index in [1.165, 1.54) is 66.8 Å². The summed E-state index contributed by atoms with van der Waals surface area (Å²) in [6.07, 6.45) is 5.55. The van der Waals surface area contributed by atoms with Gasteiger partial charge in [0, 0.05) is 0 Å². The molecule has 0 spiro atoms. The first-order valence-electron chi connectivity index (χ1n) is 13.8. The molecule has 0 fully saturated rings. The van der Waals surface area contributed by atoms with Gasteiger partial charge >= 0.3 is 37.9 Å². The Morgan fingerprint density at radius 3 is 1.64 bits per heavy atom. The van der Waals surface area contributed by atoms with Crippen molar-refractivity contribution in [2.45, 2.75) is 71.6 Å². The van der Waals surface area contributed by atoms with Gasteiger partial charge in [0.05, 0.1) is 0 Å². The fraction of sp³-hybridized carbons (Fsp3) is 0.306. The first kappa shape index (κ1) is 28.7. The van der Waals surface area contributed by atoms with Gasteiger partial charge in [0.25, 0.3) is 0 Å². The third kappa shape index (κ3) is 5.57. The van der Waals surface area contributed by atoms with E-state index in [1.807, 2.05) is 0 Å². The molecule has 2 aliphatic rings. The van der Waals surface area contributed by atoms with Gasteiger partial charge in [-0.15, -0.1) is 11.6 Å². The summed E-state index contributed by atoms with van der Waals surface area (Å²) in [6.45, 7) is 14.0. The molecule has 0 radical (unpaired) electrons. The van der Waals surface area contributed by atoms with Crippen molar-refractivity contribution in [1.29, 1.82) is 0 Å². The second-order valence-electron chi connectivity index (χ2n) is 12.8. The number of fused-ring (bicyclic) bond motifs is 6. The molecule has 0 bridgehead atoms. The Bertz CT molecular complexity index is 1400. The van der Waals surface area contributed by atoms with Gasteiger partial charge in [-0.25, -0.2) is 0 Å². The molecule has 2 aliphatic carbocycles. The van der Waals surface area contributed by atoms with Crippen molar-refractivity contribution in [3.63, 3.8) is 0 Å². The molecule has 0 atom stereocenters. The predicted molar refractivity (Wildman–Crippen MR) is 166 cm³/mol. The zero-order chi connectivity index (χ0) is 27.9. The first-order chi connectivity index (χ1) is 18.5. The Balaban J connectivity index is 0.000000983. The van der Waals surface area contributed by atoms with Crippen LogP contribution < -0.4 is 0 Å². The van der Waals surface area contributed by atoms with Gasteiger partial charge in [-0.3, -0.25) is 0 Å². The van der Waals surface area contributed by atoms with Crippen LogP contribution in [0.5, 0.6) is 0 Å². The summed E-state index contributed by atoms with van der Waals surface area (Å²) < 4.78 is 0. The Morgan fingerprint density at radius 1 is 0.641 bits per heavy atom. The zero-order valence-electron chi connectivity index (χ0n) is 23.9. The minimum atomic E-state index is -0.826. The summed E-state index contributed by atoms with van der Waals surface area (Å²) in [6, 6.07) is 27.6. The number of hydrogen-bond donors (Lipinski definition) is 0. The van der Waals surface area contributed by atoms with E-state index in [0.717, 1.165) is 19.3 Å². The molecule has 0 heterocycles. The maximum atomic E-state index is 4.93. The van der Waals surface area contributed by atoms with E-state index in [0.29, 0.717) is 0 Å². The fourth-order valence-electron chi connectivity index (χ4n) is 6.43. The van der Waals surface area contributed by atoms with Crippen molar-refractivity contribution in [1.82, 2.24) is 0 Å². The second kappa shape index (κ2) is 11.2. The third-order valence-corrected chi connectivity index (χ3v) is 8.22. The van der Waals surface area contributed by atoms with Crippen molar-refractivity contribution >= 4 is 17.0 Å². The van der Waals surface area contributed by atoms with Crippen molar-refractivity contribution in [2.75, 3.05) is 0 Å². The fourth-order valence-corrected chi connectivity index (χ4v) is 6.43. The standard InChI is InChI=1S/C36H37.2ClH.Zr/c1-35(2,3)31-19-17-23(29-21-25-11-7-9-13-27(25)33(29)31)15-16-24-18-20-32(36(4,5)6)34-28-14-10-8-12-26(28)22-30(24)34;;;/h7-15,17-20H,16,21-22H2,1-6H3;2*1H;/q-1;;;+2/p-2. The van der Waals surface area contributed by atoms with Crippen LogP contribution in [0.25, 0.3) is 22.3 Å². The topological polar surface area (TPSA) is 0 Å². The van der Waals surface area contributed by atoms with Gasteiger partial charge in [-0.2, -0.15) is 18.1 Å². The van der Waals surface area contributed by atoms with Crippen molar-refractivity contribution in [3.8, 4) is 22.3 Å². The van der Waals surface area contributed by atoms with Crippen LogP contribution in [0, 0.1) is 6.42 Å². The third-order valence-electron chi connectivity index (χ3n) is 8.22. The molecule has 3 heteroatoms. The minimum absolute atomic E-state index is 0.120. The number of benzene rings is 4. The van der Waals surface area contributed by atoms with Crippen LogP contribution >= 0.6 is 17.0 Å². The van der Waals surface area contributed by atoms with Crippen LogP contribution in [0.1, 0.15) is 86.1 Å². The average molecular weight is 632 g/mol. The van der Waals surface area contributed by atoms with Crippen LogP contribution in [0.2, 0.25) is 0 Å². The first-order valence-corrected chi connectivity index (χ1v) is 20.1. The SMILES string of the molecule is CC(C)(C)c1ccc([CH-]Cc2ccc(C(C)(C)C)c3c2Cc2ccccc2-3)c2c1-c1ccccc1C2.[Cl][Zr][Cl]. The van der Waals surface area contributed by atoms with Gasteiger partial charge in [0.1, 0.15) is 0 Å². The molecular formula is C36H37Cl2Zr-. The maximum absolute atomic E-state index is 4.93. The molecule has 6 rings (SSSR count). The Labute approximate surface area is 253 Å². The van der Waals surface area contributed by atoms with Crippen molar-refractivity contribution in [2.24, 2.45) is 0 Å². The summed E-state index contributed by atoms with van der Waals surface area (Å²) in [5.41, 5.74) is 17.9. The van der Waals surface area contributed by atoms with Crippen LogP contribution in [0.15, 0.2) is 72.8 Å². The summed E-state index contributed by atoms with van der Waals surface area (Å²) in [7, 11) is 9.87. The molecule has 0 nitrogen and oxygen atoms in total. The van der Waals surface area contributed by atoms with Crippen LogP contribution in [0.3, 0.4) is 0 Å². The van der Waals surface area contributed by atoms with E-state index in [4.69, 9.17) is 17.0 Å². The molecule has 0 unspecified atom stereocenters. The van der Waals surface area contributed by atoms with Gasteiger partial charge in [-0.1, -0.05) is 125 Å². The molecule has 0 saturated carbocycles.